The largest absolute Gasteiger partial charge is 0.319 e. The first-order chi connectivity index (χ1) is 8.77. The summed E-state index contributed by atoms with van der Waals surface area (Å²) in [7, 11) is 1.98. The van der Waals surface area contributed by atoms with Gasteiger partial charge in [-0.2, -0.15) is 0 Å². The molecule has 0 aromatic heterocycles. The van der Waals surface area contributed by atoms with Crippen molar-refractivity contribution in [1.29, 1.82) is 0 Å². The zero-order valence-corrected chi connectivity index (χ0v) is 11.7. The summed E-state index contributed by atoms with van der Waals surface area (Å²) < 4.78 is 12.9. The molecule has 1 aromatic rings. The Hall–Kier alpha value is -0.890. The number of hydrogen-bond acceptors (Lipinski definition) is 1. The third kappa shape index (κ3) is 5.63. The van der Waals surface area contributed by atoms with Crippen LogP contribution < -0.4 is 5.32 Å². The average Bonchev–Trinajstić information content (AvgIpc) is 2.38. The average molecular weight is 251 g/mol. The Morgan fingerprint density at radius 2 is 1.72 bits per heavy atom. The molecule has 1 unspecified atom stereocenters. The molecule has 0 bridgehead atoms. The van der Waals surface area contributed by atoms with E-state index in [1.807, 2.05) is 19.2 Å². The normalized spacial score (nSPS) is 12.6. The first-order valence-electron chi connectivity index (χ1n) is 7.18. The second-order valence-corrected chi connectivity index (χ2v) is 5.01. The van der Waals surface area contributed by atoms with Crippen molar-refractivity contribution in [1.82, 2.24) is 5.32 Å². The summed E-state index contributed by atoms with van der Waals surface area (Å²) in [5.74, 6) is 0.363. The number of benzene rings is 1. The SMILES string of the molecule is CCCCCCCC(CNC)c1ccc(F)cc1. The maximum Gasteiger partial charge on any atom is 0.123 e. The van der Waals surface area contributed by atoms with Gasteiger partial charge in [0, 0.05) is 6.54 Å². The van der Waals surface area contributed by atoms with Crippen LogP contribution in [0, 0.1) is 5.82 Å². The molecule has 0 aliphatic carbocycles. The highest BCUT2D eigenvalue weighted by Gasteiger charge is 2.10. The predicted molar refractivity (Wildman–Crippen MR) is 76.4 cm³/mol. The van der Waals surface area contributed by atoms with Crippen LogP contribution in [0.3, 0.4) is 0 Å². The summed E-state index contributed by atoms with van der Waals surface area (Å²) in [6.45, 7) is 3.21. The molecule has 0 heterocycles. The van der Waals surface area contributed by atoms with Gasteiger partial charge in [-0.05, 0) is 37.1 Å². The Morgan fingerprint density at radius 1 is 1.06 bits per heavy atom. The van der Waals surface area contributed by atoms with Gasteiger partial charge in [0.1, 0.15) is 5.82 Å². The van der Waals surface area contributed by atoms with Gasteiger partial charge in [0.2, 0.25) is 0 Å². The van der Waals surface area contributed by atoms with Crippen molar-refractivity contribution < 1.29 is 4.39 Å². The molecular formula is C16H26FN. The van der Waals surface area contributed by atoms with Gasteiger partial charge >= 0.3 is 0 Å². The number of hydrogen-bond donors (Lipinski definition) is 1. The highest BCUT2D eigenvalue weighted by molar-refractivity contribution is 5.20. The van der Waals surface area contributed by atoms with Crippen molar-refractivity contribution in [3.05, 3.63) is 35.6 Å². The van der Waals surface area contributed by atoms with Gasteiger partial charge in [0.25, 0.3) is 0 Å². The summed E-state index contributed by atoms with van der Waals surface area (Å²) >= 11 is 0. The fourth-order valence-electron chi connectivity index (χ4n) is 2.36. The molecule has 0 amide bonds. The van der Waals surface area contributed by atoms with Crippen LogP contribution in [0.1, 0.15) is 56.9 Å². The topological polar surface area (TPSA) is 12.0 Å². The lowest BCUT2D eigenvalue weighted by molar-refractivity contribution is 0.526. The van der Waals surface area contributed by atoms with Crippen LogP contribution in [0.15, 0.2) is 24.3 Å². The van der Waals surface area contributed by atoms with Crippen molar-refractivity contribution in [2.45, 2.75) is 51.4 Å². The second kappa shape index (κ2) is 9.09. The zero-order chi connectivity index (χ0) is 13.2. The van der Waals surface area contributed by atoms with E-state index in [4.69, 9.17) is 0 Å². The van der Waals surface area contributed by atoms with Gasteiger partial charge < -0.3 is 5.32 Å². The van der Waals surface area contributed by atoms with Gasteiger partial charge in [-0.3, -0.25) is 0 Å². The van der Waals surface area contributed by atoms with Crippen LogP contribution in [-0.2, 0) is 0 Å². The van der Waals surface area contributed by atoms with Gasteiger partial charge in [-0.1, -0.05) is 51.2 Å². The maximum atomic E-state index is 12.9. The standard InChI is InChI=1S/C16H26FN/c1-3-4-5-6-7-8-15(13-18-2)14-9-11-16(17)12-10-14/h9-12,15,18H,3-8,13H2,1-2H3. The first kappa shape index (κ1) is 15.2. The van der Waals surface area contributed by atoms with E-state index >= 15 is 0 Å². The fourth-order valence-corrected chi connectivity index (χ4v) is 2.36. The third-order valence-electron chi connectivity index (χ3n) is 3.45. The summed E-state index contributed by atoms with van der Waals surface area (Å²) in [4.78, 5) is 0. The van der Waals surface area contributed by atoms with Crippen LogP contribution in [-0.4, -0.2) is 13.6 Å². The summed E-state index contributed by atoms with van der Waals surface area (Å²) in [6, 6.07) is 6.97. The molecule has 0 fully saturated rings. The zero-order valence-electron chi connectivity index (χ0n) is 11.7. The van der Waals surface area contributed by atoms with Crippen molar-refractivity contribution >= 4 is 0 Å². The highest BCUT2D eigenvalue weighted by atomic mass is 19.1. The summed E-state index contributed by atoms with van der Waals surface area (Å²) in [6.07, 6.45) is 7.74. The summed E-state index contributed by atoms with van der Waals surface area (Å²) in [5.41, 5.74) is 1.25. The molecule has 1 N–H and O–H groups in total. The number of rotatable bonds is 9. The molecule has 18 heavy (non-hydrogen) atoms. The highest BCUT2D eigenvalue weighted by Crippen LogP contribution is 2.22. The molecule has 0 spiro atoms. The Morgan fingerprint density at radius 3 is 2.33 bits per heavy atom. The molecule has 0 saturated heterocycles. The van der Waals surface area contributed by atoms with Crippen molar-refractivity contribution in [3.63, 3.8) is 0 Å². The monoisotopic (exact) mass is 251 g/mol. The molecule has 0 radical (unpaired) electrons. The molecular weight excluding hydrogens is 225 g/mol. The van der Waals surface area contributed by atoms with Crippen LogP contribution in [0.5, 0.6) is 0 Å². The lowest BCUT2D eigenvalue weighted by atomic mass is 9.93. The summed E-state index contributed by atoms with van der Waals surface area (Å²) in [5, 5.41) is 3.24. The van der Waals surface area contributed by atoms with E-state index in [1.165, 1.54) is 44.1 Å². The smallest absolute Gasteiger partial charge is 0.123 e. The molecule has 1 aromatic carbocycles. The Balaban J connectivity index is 2.41. The van der Waals surface area contributed by atoms with Gasteiger partial charge in [-0.25, -0.2) is 4.39 Å². The van der Waals surface area contributed by atoms with E-state index in [9.17, 15) is 4.39 Å². The fraction of sp³-hybridized carbons (Fsp3) is 0.625. The Kier molecular flexibility index (Phi) is 7.66. The number of nitrogens with one attached hydrogen (secondary N) is 1. The Labute approximate surface area is 111 Å². The van der Waals surface area contributed by atoms with E-state index in [0.717, 1.165) is 6.54 Å². The van der Waals surface area contributed by atoms with E-state index < -0.39 is 0 Å². The minimum Gasteiger partial charge on any atom is -0.319 e. The van der Waals surface area contributed by atoms with Crippen LogP contribution in [0.2, 0.25) is 0 Å². The third-order valence-corrected chi connectivity index (χ3v) is 3.45. The van der Waals surface area contributed by atoms with Crippen molar-refractivity contribution in [2.24, 2.45) is 0 Å². The van der Waals surface area contributed by atoms with Crippen LogP contribution >= 0.6 is 0 Å². The van der Waals surface area contributed by atoms with Gasteiger partial charge in [-0.15, -0.1) is 0 Å². The lowest BCUT2D eigenvalue weighted by Gasteiger charge is -2.17. The predicted octanol–water partition coefficient (Wildman–Crippen LogP) is 4.49. The quantitative estimate of drug-likeness (QED) is 0.638. The maximum absolute atomic E-state index is 12.9. The van der Waals surface area contributed by atoms with Crippen molar-refractivity contribution in [3.8, 4) is 0 Å². The van der Waals surface area contributed by atoms with Crippen LogP contribution in [0.25, 0.3) is 0 Å². The molecule has 1 nitrogen and oxygen atoms in total. The first-order valence-corrected chi connectivity index (χ1v) is 7.18. The number of halogens is 1. The minimum absolute atomic E-state index is 0.148. The van der Waals surface area contributed by atoms with Gasteiger partial charge in [0.15, 0.2) is 0 Å². The van der Waals surface area contributed by atoms with Crippen LogP contribution in [0.4, 0.5) is 4.39 Å². The van der Waals surface area contributed by atoms with Gasteiger partial charge in [0.05, 0.1) is 0 Å². The Bertz CT molecular complexity index is 307. The molecule has 0 saturated carbocycles. The number of likely N-dealkylation sites (N-methyl/N-ethyl adjacent to an activating group) is 1. The molecule has 0 aliphatic heterocycles. The minimum atomic E-state index is -0.148. The molecule has 1 rings (SSSR count). The molecule has 2 heteroatoms. The van der Waals surface area contributed by atoms with Crippen molar-refractivity contribution in [2.75, 3.05) is 13.6 Å². The molecule has 0 aliphatic rings. The van der Waals surface area contributed by atoms with E-state index in [0.29, 0.717) is 5.92 Å². The number of unbranched alkanes of at least 4 members (excludes halogenated alkanes) is 4. The van der Waals surface area contributed by atoms with E-state index in [-0.39, 0.29) is 5.82 Å². The lowest BCUT2D eigenvalue weighted by Crippen LogP contribution is -2.17. The molecule has 102 valence electrons. The second-order valence-electron chi connectivity index (χ2n) is 5.01. The molecule has 1 atom stereocenters. The van der Waals surface area contributed by atoms with E-state index in [1.54, 1.807) is 12.1 Å². The van der Waals surface area contributed by atoms with E-state index in [2.05, 4.69) is 12.2 Å².